The normalized spacial score (nSPS) is 34.8. The second-order valence-corrected chi connectivity index (χ2v) is 3.88. The number of nitrogens with zero attached hydrogens (tertiary/aromatic N) is 1. The molecule has 1 heterocycles. The monoisotopic (exact) mass is 169 g/mol. The van der Waals surface area contributed by atoms with E-state index in [0.717, 1.165) is 19.4 Å². The Morgan fingerprint density at radius 2 is 2.00 bits per heavy atom. The van der Waals surface area contributed by atoms with Gasteiger partial charge in [0.2, 0.25) is 0 Å². The summed E-state index contributed by atoms with van der Waals surface area (Å²) in [5.74, 6) is 0.676. The van der Waals surface area contributed by atoms with Gasteiger partial charge in [-0.25, -0.2) is 4.79 Å². The van der Waals surface area contributed by atoms with Crippen molar-refractivity contribution in [3.63, 3.8) is 0 Å². The standard InChI is InChI=1S/C9H15NO2/c11-9(12)10-6-5-7-3-1-2-4-8(7)10/h7-8H,1-6H2,(H,11,12)/t7-,8-/m0/s1. The highest BCUT2D eigenvalue weighted by Gasteiger charge is 2.37. The molecule has 1 saturated carbocycles. The fourth-order valence-electron chi connectivity index (χ4n) is 2.64. The number of hydrogen-bond acceptors (Lipinski definition) is 1. The average Bonchev–Trinajstić information content (AvgIpc) is 2.47. The third-order valence-electron chi connectivity index (χ3n) is 3.26. The number of likely N-dealkylation sites (tertiary alicyclic amines) is 1. The van der Waals surface area contributed by atoms with Gasteiger partial charge in [0.1, 0.15) is 0 Å². The Kier molecular flexibility index (Phi) is 1.95. The van der Waals surface area contributed by atoms with Crippen LogP contribution >= 0.6 is 0 Å². The molecule has 3 heteroatoms. The van der Waals surface area contributed by atoms with Crippen molar-refractivity contribution in [2.75, 3.05) is 6.54 Å². The maximum absolute atomic E-state index is 10.8. The molecule has 1 N–H and O–H groups in total. The number of hydrogen-bond donors (Lipinski definition) is 1. The SMILES string of the molecule is O=C(O)N1CC[C@@H]2CCCC[C@@H]21. The summed E-state index contributed by atoms with van der Waals surface area (Å²) in [7, 11) is 0. The first kappa shape index (κ1) is 7.90. The van der Waals surface area contributed by atoms with E-state index in [4.69, 9.17) is 5.11 Å². The second-order valence-electron chi connectivity index (χ2n) is 3.88. The molecular formula is C9H15NO2. The van der Waals surface area contributed by atoms with Crippen LogP contribution in [0.4, 0.5) is 4.79 Å². The minimum atomic E-state index is -0.718. The number of rotatable bonds is 0. The van der Waals surface area contributed by atoms with Gasteiger partial charge < -0.3 is 10.0 Å². The fourth-order valence-corrected chi connectivity index (χ4v) is 2.64. The van der Waals surface area contributed by atoms with Crippen LogP contribution in [0, 0.1) is 5.92 Å². The van der Waals surface area contributed by atoms with E-state index < -0.39 is 6.09 Å². The summed E-state index contributed by atoms with van der Waals surface area (Å²) in [6, 6.07) is 0.358. The van der Waals surface area contributed by atoms with Crippen molar-refractivity contribution in [3.05, 3.63) is 0 Å². The van der Waals surface area contributed by atoms with Crippen molar-refractivity contribution in [1.29, 1.82) is 0 Å². The number of fused-ring (bicyclic) bond motifs is 1. The van der Waals surface area contributed by atoms with Crippen molar-refractivity contribution >= 4 is 6.09 Å². The Morgan fingerprint density at radius 1 is 1.25 bits per heavy atom. The Bertz CT molecular complexity index is 193. The molecule has 2 aliphatic rings. The van der Waals surface area contributed by atoms with Gasteiger partial charge in [0.25, 0.3) is 0 Å². The quantitative estimate of drug-likeness (QED) is 0.602. The second kappa shape index (κ2) is 2.96. The molecule has 0 aromatic heterocycles. The summed E-state index contributed by atoms with van der Waals surface area (Å²) in [5.41, 5.74) is 0. The Balaban J connectivity index is 2.05. The first-order chi connectivity index (χ1) is 5.79. The molecule has 0 radical (unpaired) electrons. The smallest absolute Gasteiger partial charge is 0.407 e. The Labute approximate surface area is 72.4 Å². The van der Waals surface area contributed by atoms with Crippen molar-refractivity contribution in [3.8, 4) is 0 Å². The number of amides is 1. The van der Waals surface area contributed by atoms with Crippen molar-refractivity contribution in [2.45, 2.75) is 38.1 Å². The molecule has 0 aromatic rings. The summed E-state index contributed by atoms with van der Waals surface area (Å²) in [4.78, 5) is 12.4. The molecule has 0 aromatic carbocycles. The molecule has 1 aliphatic carbocycles. The molecule has 1 aliphatic heterocycles. The molecule has 2 rings (SSSR count). The van der Waals surface area contributed by atoms with Crippen LogP contribution in [-0.2, 0) is 0 Å². The molecule has 1 amide bonds. The van der Waals surface area contributed by atoms with Gasteiger partial charge in [-0.15, -0.1) is 0 Å². The maximum Gasteiger partial charge on any atom is 0.407 e. The lowest BCUT2D eigenvalue weighted by Gasteiger charge is -2.29. The van der Waals surface area contributed by atoms with Crippen LogP contribution in [-0.4, -0.2) is 28.7 Å². The van der Waals surface area contributed by atoms with Gasteiger partial charge in [0.15, 0.2) is 0 Å². The van der Waals surface area contributed by atoms with Crippen molar-refractivity contribution in [2.24, 2.45) is 5.92 Å². The van der Waals surface area contributed by atoms with E-state index in [2.05, 4.69) is 0 Å². The largest absolute Gasteiger partial charge is 0.465 e. The van der Waals surface area contributed by atoms with Crippen LogP contribution in [0.25, 0.3) is 0 Å². The molecule has 0 bridgehead atoms. The van der Waals surface area contributed by atoms with Gasteiger partial charge in [0.05, 0.1) is 0 Å². The van der Waals surface area contributed by atoms with E-state index in [-0.39, 0.29) is 0 Å². The maximum atomic E-state index is 10.8. The topological polar surface area (TPSA) is 40.5 Å². The van der Waals surface area contributed by atoms with Crippen LogP contribution < -0.4 is 0 Å². The first-order valence-electron chi connectivity index (χ1n) is 4.78. The predicted octanol–water partition coefficient (Wildman–Crippen LogP) is 1.93. The van der Waals surface area contributed by atoms with Gasteiger partial charge in [-0.1, -0.05) is 12.8 Å². The van der Waals surface area contributed by atoms with Crippen LogP contribution in [0.5, 0.6) is 0 Å². The van der Waals surface area contributed by atoms with E-state index >= 15 is 0 Å². The van der Waals surface area contributed by atoms with E-state index in [1.54, 1.807) is 4.90 Å². The Hall–Kier alpha value is -0.730. The summed E-state index contributed by atoms with van der Waals surface area (Å²) >= 11 is 0. The molecule has 12 heavy (non-hydrogen) atoms. The highest BCUT2D eigenvalue weighted by Crippen LogP contribution is 2.35. The molecule has 0 unspecified atom stereocenters. The number of carbonyl (C=O) groups is 1. The zero-order chi connectivity index (χ0) is 8.55. The zero-order valence-electron chi connectivity index (χ0n) is 7.20. The first-order valence-corrected chi connectivity index (χ1v) is 4.78. The summed E-state index contributed by atoms with van der Waals surface area (Å²) in [5, 5.41) is 8.88. The highest BCUT2D eigenvalue weighted by molar-refractivity contribution is 5.65. The lowest BCUT2D eigenvalue weighted by Crippen LogP contribution is -2.38. The lowest BCUT2D eigenvalue weighted by molar-refractivity contribution is 0.124. The van der Waals surface area contributed by atoms with Crippen molar-refractivity contribution in [1.82, 2.24) is 4.90 Å². The Morgan fingerprint density at radius 3 is 2.75 bits per heavy atom. The fraction of sp³-hybridized carbons (Fsp3) is 0.889. The van der Waals surface area contributed by atoms with E-state index in [1.807, 2.05) is 0 Å². The van der Waals surface area contributed by atoms with E-state index in [1.165, 1.54) is 19.3 Å². The number of carboxylic acid groups (broad SMARTS) is 1. The van der Waals surface area contributed by atoms with Gasteiger partial charge in [-0.05, 0) is 25.2 Å². The minimum absolute atomic E-state index is 0.358. The van der Waals surface area contributed by atoms with Crippen LogP contribution in [0.15, 0.2) is 0 Å². The highest BCUT2D eigenvalue weighted by atomic mass is 16.4. The van der Waals surface area contributed by atoms with E-state index in [0.29, 0.717) is 12.0 Å². The molecule has 68 valence electrons. The molecular weight excluding hydrogens is 154 g/mol. The van der Waals surface area contributed by atoms with Crippen LogP contribution in [0.3, 0.4) is 0 Å². The minimum Gasteiger partial charge on any atom is -0.465 e. The average molecular weight is 169 g/mol. The van der Waals surface area contributed by atoms with Crippen molar-refractivity contribution < 1.29 is 9.90 Å². The van der Waals surface area contributed by atoms with Crippen LogP contribution in [0.2, 0.25) is 0 Å². The van der Waals surface area contributed by atoms with Gasteiger partial charge in [-0.2, -0.15) is 0 Å². The van der Waals surface area contributed by atoms with Gasteiger partial charge in [0, 0.05) is 12.6 Å². The summed E-state index contributed by atoms with van der Waals surface area (Å²) < 4.78 is 0. The third kappa shape index (κ3) is 1.17. The lowest BCUT2D eigenvalue weighted by atomic mass is 9.85. The predicted molar refractivity (Wildman–Crippen MR) is 45.1 cm³/mol. The molecule has 0 spiro atoms. The zero-order valence-corrected chi connectivity index (χ0v) is 7.20. The molecule has 1 saturated heterocycles. The van der Waals surface area contributed by atoms with E-state index in [9.17, 15) is 4.79 Å². The van der Waals surface area contributed by atoms with Gasteiger partial charge >= 0.3 is 6.09 Å². The third-order valence-corrected chi connectivity index (χ3v) is 3.26. The molecule has 2 atom stereocenters. The van der Waals surface area contributed by atoms with Gasteiger partial charge in [-0.3, -0.25) is 0 Å². The summed E-state index contributed by atoms with van der Waals surface area (Å²) in [6.45, 7) is 0.769. The molecule has 2 fully saturated rings. The summed E-state index contributed by atoms with van der Waals surface area (Å²) in [6.07, 6.45) is 5.23. The van der Waals surface area contributed by atoms with Crippen LogP contribution in [0.1, 0.15) is 32.1 Å². The molecule has 3 nitrogen and oxygen atoms in total.